The molecular weight excluding hydrogens is 294 g/mol. The SMILES string of the molecule is Clc1cc(Cl)c(Br)c(Cl)c1Cl. The summed E-state index contributed by atoms with van der Waals surface area (Å²) in [4.78, 5) is 0. The van der Waals surface area contributed by atoms with E-state index in [0.29, 0.717) is 24.6 Å². The fourth-order valence-electron chi connectivity index (χ4n) is 0.544. The zero-order valence-corrected chi connectivity index (χ0v) is 9.58. The first-order valence-electron chi connectivity index (χ1n) is 2.52. The summed E-state index contributed by atoms with van der Waals surface area (Å²) in [5, 5.41) is 1.45. The average Bonchev–Trinajstić information content (AvgIpc) is 1.97. The molecule has 0 saturated heterocycles. The zero-order valence-electron chi connectivity index (χ0n) is 4.97. The van der Waals surface area contributed by atoms with E-state index in [1.54, 1.807) is 0 Å². The highest BCUT2D eigenvalue weighted by molar-refractivity contribution is 9.10. The summed E-state index contributed by atoms with van der Waals surface area (Å²) in [5.41, 5.74) is 0. The molecule has 0 amide bonds. The fourth-order valence-corrected chi connectivity index (χ4v) is 1.88. The van der Waals surface area contributed by atoms with Crippen molar-refractivity contribution in [2.45, 2.75) is 0 Å². The van der Waals surface area contributed by atoms with Gasteiger partial charge >= 0.3 is 0 Å². The summed E-state index contributed by atoms with van der Waals surface area (Å²) < 4.78 is 0.565. The first-order valence-corrected chi connectivity index (χ1v) is 4.83. The number of hydrogen-bond acceptors (Lipinski definition) is 0. The van der Waals surface area contributed by atoms with Crippen LogP contribution in [0.25, 0.3) is 0 Å². The molecule has 0 saturated carbocycles. The number of hydrogen-bond donors (Lipinski definition) is 0. The van der Waals surface area contributed by atoms with Gasteiger partial charge in [0.15, 0.2) is 0 Å². The van der Waals surface area contributed by atoms with Crippen molar-refractivity contribution >= 4 is 62.3 Å². The van der Waals surface area contributed by atoms with E-state index in [2.05, 4.69) is 15.9 Å². The molecule has 1 aromatic carbocycles. The highest BCUT2D eigenvalue weighted by atomic mass is 79.9. The molecule has 0 bridgehead atoms. The van der Waals surface area contributed by atoms with E-state index in [9.17, 15) is 0 Å². The van der Waals surface area contributed by atoms with Crippen LogP contribution >= 0.6 is 62.3 Å². The lowest BCUT2D eigenvalue weighted by Gasteiger charge is -2.02. The average molecular weight is 295 g/mol. The van der Waals surface area contributed by atoms with E-state index in [1.165, 1.54) is 6.07 Å². The maximum Gasteiger partial charge on any atom is 0.0791 e. The lowest BCUT2D eigenvalue weighted by molar-refractivity contribution is 1.64. The lowest BCUT2D eigenvalue weighted by atomic mass is 10.3. The molecular formula is C6HBrCl4. The molecule has 0 aromatic heterocycles. The van der Waals surface area contributed by atoms with Crippen molar-refractivity contribution in [3.05, 3.63) is 30.6 Å². The van der Waals surface area contributed by atoms with Crippen LogP contribution in [0.15, 0.2) is 10.5 Å². The van der Waals surface area contributed by atoms with Crippen molar-refractivity contribution in [1.29, 1.82) is 0 Å². The normalized spacial score (nSPS) is 10.3. The van der Waals surface area contributed by atoms with E-state index in [0.717, 1.165) is 0 Å². The molecule has 0 radical (unpaired) electrons. The summed E-state index contributed by atoms with van der Waals surface area (Å²) in [5.74, 6) is 0. The van der Waals surface area contributed by atoms with Gasteiger partial charge in [-0.3, -0.25) is 0 Å². The third-order valence-electron chi connectivity index (χ3n) is 1.06. The number of halogens is 5. The molecule has 0 aliphatic heterocycles. The molecule has 0 heterocycles. The van der Waals surface area contributed by atoms with E-state index < -0.39 is 0 Å². The van der Waals surface area contributed by atoms with Gasteiger partial charge < -0.3 is 0 Å². The minimum atomic E-state index is 0.310. The Morgan fingerprint density at radius 1 is 0.909 bits per heavy atom. The molecule has 1 aromatic rings. The molecule has 0 nitrogen and oxygen atoms in total. The van der Waals surface area contributed by atoms with Crippen molar-refractivity contribution < 1.29 is 0 Å². The molecule has 0 unspecified atom stereocenters. The van der Waals surface area contributed by atoms with Crippen molar-refractivity contribution in [1.82, 2.24) is 0 Å². The fraction of sp³-hybridized carbons (Fsp3) is 0. The Hall–Kier alpha value is 0.860. The molecule has 0 spiro atoms. The number of rotatable bonds is 0. The van der Waals surface area contributed by atoms with Gasteiger partial charge in [0.25, 0.3) is 0 Å². The Kier molecular flexibility index (Phi) is 3.36. The maximum absolute atomic E-state index is 5.74. The van der Waals surface area contributed by atoms with Crippen LogP contribution in [0.4, 0.5) is 0 Å². The van der Waals surface area contributed by atoms with Gasteiger partial charge in [-0.2, -0.15) is 0 Å². The zero-order chi connectivity index (χ0) is 8.59. The highest BCUT2D eigenvalue weighted by Gasteiger charge is 2.10. The molecule has 1 rings (SSSR count). The quantitative estimate of drug-likeness (QED) is 0.463. The predicted octanol–water partition coefficient (Wildman–Crippen LogP) is 5.06. The summed E-state index contributed by atoms with van der Waals surface area (Å²) in [6, 6.07) is 1.53. The minimum absolute atomic E-state index is 0.310. The Morgan fingerprint density at radius 3 is 2.00 bits per heavy atom. The van der Waals surface area contributed by atoms with Crippen molar-refractivity contribution in [3.63, 3.8) is 0 Å². The van der Waals surface area contributed by atoms with Crippen molar-refractivity contribution in [3.8, 4) is 0 Å². The van der Waals surface area contributed by atoms with E-state index in [-0.39, 0.29) is 0 Å². The van der Waals surface area contributed by atoms with Crippen molar-refractivity contribution in [2.24, 2.45) is 0 Å². The van der Waals surface area contributed by atoms with Crippen LogP contribution in [0.2, 0.25) is 20.1 Å². The second-order valence-electron chi connectivity index (χ2n) is 1.78. The van der Waals surface area contributed by atoms with Gasteiger partial charge in [-0.25, -0.2) is 0 Å². The van der Waals surface area contributed by atoms with Gasteiger partial charge in [-0.1, -0.05) is 46.4 Å². The Bertz CT molecular complexity index is 271. The van der Waals surface area contributed by atoms with Gasteiger partial charge in [-0.15, -0.1) is 0 Å². The molecule has 60 valence electrons. The maximum atomic E-state index is 5.74. The molecule has 0 aliphatic carbocycles. The van der Waals surface area contributed by atoms with E-state index >= 15 is 0 Å². The Balaban J connectivity index is 3.46. The lowest BCUT2D eigenvalue weighted by Crippen LogP contribution is -1.76. The highest BCUT2D eigenvalue weighted by Crippen LogP contribution is 2.40. The number of benzene rings is 1. The third kappa shape index (κ3) is 1.96. The van der Waals surface area contributed by atoms with Crippen LogP contribution < -0.4 is 0 Å². The van der Waals surface area contributed by atoms with E-state index in [1.807, 2.05) is 0 Å². The largest absolute Gasteiger partial charge is 0.0830 e. The summed E-state index contributed by atoms with van der Waals surface area (Å²) in [6.45, 7) is 0. The van der Waals surface area contributed by atoms with Crippen LogP contribution in [0, 0.1) is 0 Å². The van der Waals surface area contributed by atoms with Crippen LogP contribution in [-0.2, 0) is 0 Å². The molecule has 11 heavy (non-hydrogen) atoms. The van der Waals surface area contributed by atoms with Gasteiger partial charge in [0.1, 0.15) is 0 Å². The monoisotopic (exact) mass is 292 g/mol. The van der Waals surface area contributed by atoms with Crippen LogP contribution in [0.5, 0.6) is 0 Å². The topological polar surface area (TPSA) is 0 Å². The third-order valence-corrected chi connectivity index (χ3v) is 3.90. The van der Waals surface area contributed by atoms with Gasteiger partial charge in [0, 0.05) is 0 Å². The van der Waals surface area contributed by atoms with Crippen molar-refractivity contribution in [2.75, 3.05) is 0 Å². The molecule has 5 heteroatoms. The van der Waals surface area contributed by atoms with Crippen LogP contribution in [0.3, 0.4) is 0 Å². The molecule has 0 N–H and O–H groups in total. The Labute approximate surface area is 92.5 Å². The minimum Gasteiger partial charge on any atom is -0.0830 e. The van der Waals surface area contributed by atoms with Gasteiger partial charge in [0.2, 0.25) is 0 Å². The smallest absolute Gasteiger partial charge is 0.0791 e. The molecule has 0 atom stereocenters. The van der Waals surface area contributed by atoms with Gasteiger partial charge in [-0.05, 0) is 22.0 Å². The van der Waals surface area contributed by atoms with Crippen LogP contribution in [-0.4, -0.2) is 0 Å². The van der Waals surface area contributed by atoms with E-state index in [4.69, 9.17) is 46.4 Å². The predicted molar refractivity (Wildman–Crippen MR) is 54.2 cm³/mol. The summed E-state index contributed by atoms with van der Waals surface area (Å²) in [7, 11) is 0. The molecule has 0 fully saturated rings. The molecule has 0 aliphatic rings. The second kappa shape index (κ2) is 3.71. The summed E-state index contributed by atoms with van der Waals surface area (Å²) >= 11 is 26.0. The second-order valence-corrected chi connectivity index (χ2v) is 4.15. The summed E-state index contributed by atoms with van der Waals surface area (Å²) in [6.07, 6.45) is 0. The Morgan fingerprint density at radius 2 is 1.45 bits per heavy atom. The van der Waals surface area contributed by atoms with Gasteiger partial charge in [0.05, 0.1) is 24.6 Å². The van der Waals surface area contributed by atoms with Crippen LogP contribution in [0.1, 0.15) is 0 Å². The first kappa shape index (κ1) is 9.94. The standard InChI is InChI=1S/C6HBrCl4/c7-4-2(8)1-3(9)5(10)6(4)11/h1H. The first-order chi connectivity index (χ1) is 5.04.